The van der Waals surface area contributed by atoms with Crippen molar-refractivity contribution >= 4 is 23.6 Å². The van der Waals surface area contributed by atoms with Crippen molar-refractivity contribution in [3.63, 3.8) is 0 Å². The van der Waals surface area contributed by atoms with Gasteiger partial charge >= 0.3 is 0 Å². The molecule has 3 aromatic carbocycles. The number of amides is 3. The number of aliphatic hydroxyl groups excluding tert-OH is 1. The Bertz CT molecular complexity index is 2110. The molecule has 1 fully saturated rings. The van der Waals surface area contributed by atoms with Crippen LogP contribution in [-0.2, 0) is 16.0 Å². The number of nitrogens with zero attached hydrogens (tertiary/aromatic N) is 2. The first-order valence-electron chi connectivity index (χ1n) is 28.9. The topological polar surface area (TPSA) is 120 Å². The molecule has 2 heterocycles. The van der Waals surface area contributed by atoms with E-state index in [1.807, 2.05) is 60.7 Å². The Morgan fingerprint density at radius 1 is 0.528 bits per heavy atom. The molecular weight excluding hydrogens is 895 g/mol. The monoisotopic (exact) mass is 986 g/mol. The van der Waals surface area contributed by atoms with Crippen molar-refractivity contribution in [3.8, 4) is 17.2 Å². The number of ether oxygens (including phenoxy) is 2. The SMILES string of the molecule is CCCCCCCCC1C(CCCCCC)CCC(CCCCCCCCN2C(=N)c3cc(Oc4ccc(Cc5ccc(OC(C)O)cc5)cc4)ccc3C2=O)C1CCCCCCCCN1C(=O)C=CC1=O. The highest BCUT2D eigenvalue weighted by Crippen LogP contribution is 2.48. The molecule has 0 spiro atoms. The molecule has 72 heavy (non-hydrogen) atoms. The largest absolute Gasteiger partial charge is 0.465 e. The summed E-state index contributed by atoms with van der Waals surface area (Å²) >= 11 is 0. The number of hydrogen-bond donors (Lipinski definition) is 2. The van der Waals surface area contributed by atoms with Crippen LogP contribution in [-0.4, -0.2) is 57.8 Å². The number of imide groups is 1. The van der Waals surface area contributed by atoms with Crippen molar-refractivity contribution < 1.29 is 29.0 Å². The second-order valence-corrected chi connectivity index (χ2v) is 21.6. The Hall–Kier alpha value is -4.76. The number of hydrogen-bond acceptors (Lipinski definition) is 7. The lowest BCUT2D eigenvalue weighted by Crippen LogP contribution is -2.35. The lowest BCUT2D eigenvalue weighted by molar-refractivity contribution is -0.136. The summed E-state index contributed by atoms with van der Waals surface area (Å²) < 4.78 is 11.5. The summed E-state index contributed by atoms with van der Waals surface area (Å²) in [5.74, 6) is 5.31. The molecule has 3 aliphatic rings. The van der Waals surface area contributed by atoms with Crippen LogP contribution < -0.4 is 9.47 Å². The number of carbonyl (C=O) groups excluding carboxylic acids is 3. The normalized spacial score (nSPS) is 19.2. The Morgan fingerprint density at radius 2 is 0.958 bits per heavy atom. The molecule has 394 valence electrons. The van der Waals surface area contributed by atoms with Crippen molar-refractivity contribution in [2.24, 2.45) is 23.7 Å². The van der Waals surface area contributed by atoms with Gasteiger partial charge < -0.3 is 14.6 Å². The van der Waals surface area contributed by atoms with Gasteiger partial charge in [-0.25, -0.2) is 0 Å². The van der Waals surface area contributed by atoms with Crippen molar-refractivity contribution in [3.05, 3.63) is 101 Å². The van der Waals surface area contributed by atoms with Gasteiger partial charge in [-0.15, -0.1) is 0 Å². The van der Waals surface area contributed by atoms with Crippen molar-refractivity contribution in [2.45, 2.75) is 213 Å². The van der Waals surface area contributed by atoms with Gasteiger partial charge in [-0.05, 0) is 129 Å². The van der Waals surface area contributed by atoms with Gasteiger partial charge in [-0.3, -0.25) is 29.6 Å². The Labute approximate surface area is 434 Å². The number of fused-ring (bicyclic) bond motifs is 1. The molecule has 3 aromatic rings. The molecule has 9 heteroatoms. The molecule has 0 radical (unpaired) electrons. The van der Waals surface area contributed by atoms with E-state index in [-0.39, 0.29) is 23.6 Å². The number of rotatable bonds is 36. The molecule has 9 nitrogen and oxygen atoms in total. The second kappa shape index (κ2) is 31.1. The maximum atomic E-state index is 13.4. The van der Waals surface area contributed by atoms with Gasteiger partial charge in [-0.2, -0.15) is 0 Å². The first-order valence-corrected chi connectivity index (χ1v) is 28.9. The molecule has 1 aliphatic carbocycles. The van der Waals surface area contributed by atoms with Gasteiger partial charge in [0.1, 0.15) is 23.1 Å². The maximum absolute atomic E-state index is 13.4. The van der Waals surface area contributed by atoms with Crippen molar-refractivity contribution in [1.82, 2.24) is 9.80 Å². The summed E-state index contributed by atoms with van der Waals surface area (Å²) in [7, 11) is 0. The average molecular weight is 986 g/mol. The zero-order chi connectivity index (χ0) is 50.9. The Kier molecular flexibility index (Phi) is 24.4. The second-order valence-electron chi connectivity index (χ2n) is 21.6. The molecule has 6 rings (SSSR count). The van der Waals surface area contributed by atoms with E-state index in [2.05, 4.69) is 13.8 Å². The van der Waals surface area contributed by atoms with Crippen LogP contribution >= 0.6 is 0 Å². The van der Waals surface area contributed by atoms with Crippen LogP contribution in [0.15, 0.2) is 78.9 Å². The fourth-order valence-corrected chi connectivity index (χ4v) is 12.1. The third kappa shape index (κ3) is 18.0. The predicted molar refractivity (Wildman–Crippen MR) is 293 cm³/mol. The van der Waals surface area contributed by atoms with Gasteiger partial charge in [0.2, 0.25) is 0 Å². The average Bonchev–Trinajstić information content (AvgIpc) is 3.82. The van der Waals surface area contributed by atoms with E-state index in [9.17, 15) is 19.5 Å². The van der Waals surface area contributed by atoms with Crippen molar-refractivity contribution in [1.29, 1.82) is 5.41 Å². The van der Waals surface area contributed by atoms with E-state index in [4.69, 9.17) is 14.9 Å². The van der Waals surface area contributed by atoms with Crippen LogP contribution in [0.1, 0.15) is 228 Å². The predicted octanol–water partition coefficient (Wildman–Crippen LogP) is 15.9. The number of amidine groups is 1. The molecule has 0 aromatic heterocycles. The lowest BCUT2D eigenvalue weighted by atomic mass is 9.61. The van der Waals surface area contributed by atoms with Gasteiger partial charge in [0.05, 0.1) is 5.56 Å². The highest BCUT2D eigenvalue weighted by Gasteiger charge is 2.38. The minimum absolute atomic E-state index is 0.0836. The summed E-state index contributed by atoms with van der Waals surface area (Å²) in [5, 5.41) is 18.4. The fourth-order valence-electron chi connectivity index (χ4n) is 12.1. The molecule has 5 unspecified atom stereocenters. The van der Waals surface area contributed by atoms with Crippen LogP contribution in [0.2, 0.25) is 0 Å². The third-order valence-electron chi connectivity index (χ3n) is 16.1. The van der Waals surface area contributed by atoms with Gasteiger partial charge in [-0.1, -0.05) is 179 Å². The van der Waals surface area contributed by atoms with Crippen LogP contribution in [0.3, 0.4) is 0 Å². The molecule has 1 saturated carbocycles. The fraction of sp³-hybridized carbons (Fsp3) is 0.619. The smallest absolute Gasteiger partial charge is 0.260 e. The molecule has 0 bridgehead atoms. The van der Waals surface area contributed by atoms with Crippen LogP contribution in [0.4, 0.5) is 0 Å². The van der Waals surface area contributed by atoms with E-state index in [1.165, 1.54) is 171 Å². The molecule has 2 N–H and O–H groups in total. The summed E-state index contributed by atoms with van der Waals surface area (Å²) in [4.78, 5) is 40.4. The summed E-state index contributed by atoms with van der Waals surface area (Å²) in [6.07, 6.45) is 38.9. The van der Waals surface area contributed by atoms with Gasteiger partial charge in [0.15, 0.2) is 6.29 Å². The Morgan fingerprint density at radius 3 is 1.47 bits per heavy atom. The van der Waals surface area contributed by atoms with E-state index in [0.717, 1.165) is 66.9 Å². The first-order chi connectivity index (χ1) is 35.1. The molecule has 3 amide bonds. The highest BCUT2D eigenvalue weighted by atomic mass is 16.6. The third-order valence-corrected chi connectivity index (χ3v) is 16.1. The van der Waals surface area contributed by atoms with Crippen LogP contribution in [0, 0.1) is 29.1 Å². The maximum Gasteiger partial charge on any atom is 0.260 e. The summed E-state index contributed by atoms with van der Waals surface area (Å²) in [5.41, 5.74) is 3.49. The number of aliphatic hydroxyl groups is 1. The van der Waals surface area contributed by atoms with E-state index in [1.54, 1.807) is 17.9 Å². The quantitative estimate of drug-likeness (QED) is 0.0340. The minimum atomic E-state index is -0.848. The van der Waals surface area contributed by atoms with E-state index in [0.29, 0.717) is 41.5 Å². The zero-order valence-electron chi connectivity index (χ0n) is 44.7. The molecule has 2 aliphatic heterocycles. The number of nitrogens with one attached hydrogen (secondary N) is 1. The molecular formula is C63H91N3O6. The standard InChI is InChI=1S/C63H91N3O6/c1-4-6-8-10-16-22-28-56-51(26-20-9-7-5-2)34-35-52(57(56)29-23-17-12-14-18-24-44-65-60(68)42-43-61(65)69)27-21-15-11-13-19-25-45-66-62(64)59-47-55(40-41-58(59)63(66)70)72-54-38-32-50(33-39-54)46-49-30-36-53(37-31-49)71-48(3)67/h30-33,36-43,47-48,51-52,56-57,64,67H,4-29,34-35,44-46H2,1-3H3. The Balaban J connectivity index is 0.919. The number of carbonyl (C=O) groups is 3. The van der Waals surface area contributed by atoms with Gasteiger partial charge in [0.25, 0.3) is 17.7 Å². The lowest BCUT2D eigenvalue weighted by Gasteiger charge is -2.44. The first kappa shape index (κ1) is 56.5. The van der Waals surface area contributed by atoms with Gasteiger partial charge in [0, 0.05) is 30.8 Å². The molecule has 0 saturated heterocycles. The minimum Gasteiger partial charge on any atom is -0.465 e. The van der Waals surface area contributed by atoms with Crippen LogP contribution in [0.5, 0.6) is 17.2 Å². The molecule has 5 atom stereocenters. The number of benzene rings is 3. The summed E-state index contributed by atoms with van der Waals surface area (Å²) in [6.45, 7) is 7.35. The highest BCUT2D eigenvalue weighted by molar-refractivity contribution is 6.22. The van der Waals surface area contributed by atoms with E-state index >= 15 is 0 Å². The van der Waals surface area contributed by atoms with Crippen molar-refractivity contribution in [2.75, 3.05) is 13.1 Å². The summed E-state index contributed by atoms with van der Waals surface area (Å²) in [6, 6.07) is 21.2. The van der Waals surface area contributed by atoms with E-state index < -0.39 is 6.29 Å². The zero-order valence-corrected chi connectivity index (χ0v) is 44.7. The van der Waals surface area contributed by atoms with Crippen LogP contribution in [0.25, 0.3) is 0 Å². The number of unbranched alkanes of at least 4 members (excludes halogenated alkanes) is 18.